The molecule has 1 N–H and O–H groups in total. The fourth-order valence-electron chi connectivity index (χ4n) is 2.92. The molecule has 1 fully saturated rings. The number of nitrogens with one attached hydrogen (secondary N) is 1. The molecule has 120 valence electrons. The fraction of sp³-hybridized carbons (Fsp3) is 0.733. The first-order valence-corrected chi connectivity index (χ1v) is 9.05. The molecule has 1 aliphatic rings. The summed E-state index contributed by atoms with van der Waals surface area (Å²) >= 11 is 0. The topological polar surface area (TPSA) is 62.6 Å². The zero-order valence-electron chi connectivity index (χ0n) is 13.1. The summed E-state index contributed by atoms with van der Waals surface area (Å²) in [5, 5.41) is 3.39. The number of hydrogen-bond acceptors (Lipinski definition) is 4. The van der Waals surface area contributed by atoms with Crippen LogP contribution in [0.5, 0.6) is 0 Å². The Hall–Kier alpha value is -0.850. The molecule has 1 heterocycles. The summed E-state index contributed by atoms with van der Waals surface area (Å²) in [5.74, 6) is 2.22. The van der Waals surface area contributed by atoms with Gasteiger partial charge in [-0.2, -0.15) is 0 Å². The first-order chi connectivity index (χ1) is 9.89. The highest BCUT2D eigenvalue weighted by molar-refractivity contribution is 7.88. The standard InChI is InChI=1S/C15H26N2O3S/c1-12-5-4-6-13(9-12)10-16-11-14-7-8-15(20-14)21(18,19)17(2)3/h7-8,12-13,16H,4-6,9-11H2,1-3H3. The van der Waals surface area contributed by atoms with E-state index in [2.05, 4.69) is 12.2 Å². The fourth-order valence-corrected chi connectivity index (χ4v) is 3.73. The molecule has 5 nitrogen and oxygen atoms in total. The Morgan fingerprint density at radius 1 is 1.33 bits per heavy atom. The molecule has 1 aromatic rings. The summed E-state index contributed by atoms with van der Waals surface area (Å²) in [6.07, 6.45) is 5.24. The first-order valence-electron chi connectivity index (χ1n) is 7.61. The highest BCUT2D eigenvalue weighted by Gasteiger charge is 2.22. The SMILES string of the molecule is CC1CCCC(CNCc2ccc(S(=O)(=O)N(C)C)o2)C1. The second-order valence-corrected chi connectivity index (χ2v) is 8.36. The molecule has 21 heavy (non-hydrogen) atoms. The third kappa shape index (κ3) is 4.31. The summed E-state index contributed by atoms with van der Waals surface area (Å²) in [7, 11) is -0.470. The van der Waals surface area contributed by atoms with Gasteiger partial charge in [-0.1, -0.05) is 19.8 Å². The Morgan fingerprint density at radius 2 is 2.10 bits per heavy atom. The van der Waals surface area contributed by atoms with Crippen LogP contribution in [0.4, 0.5) is 0 Å². The van der Waals surface area contributed by atoms with Gasteiger partial charge in [-0.25, -0.2) is 12.7 Å². The van der Waals surface area contributed by atoms with Gasteiger partial charge in [-0.3, -0.25) is 0 Å². The highest BCUT2D eigenvalue weighted by atomic mass is 32.2. The lowest BCUT2D eigenvalue weighted by molar-refractivity contribution is 0.271. The van der Waals surface area contributed by atoms with E-state index in [1.807, 2.05) is 0 Å². The molecule has 1 aromatic heterocycles. The number of furan rings is 1. The normalized spacial score (nSPS) is 23.6. The molecule has 0 saturated heterocycles. The van der Waals surface area contributed by atoms with E-state index in [0.29, 0.717) is 12.3 Å². The summed E-state index contributed by atoms with van der Waals surface area (Å²) in [6.45, 7) is 3.87. The van der Waals surface area contributed by atoms with Gasteiger partial charge in [0.2, 0.25) is 5.09 Å². The van der Waals surface area contributed by atoms with Crippen molar-refractivity contribution in [2.75, 3.05) is 20.6 Å². The van der Waals surface area contributed by atoms with Gasteiger partial charge in [0, 0.05) is 14.1 Å². The molecule has 0 radical (unpaired) electrons. The van der Waals surface area contributed by atoms with Gasteiger partial charge >= 0.3 is 0 Å². The van der Waals surface area contributed by atoms with Crippen molar-refractivity contribution in [3.63, 3.8) is 0 Å². The van der Waals surface area contributed by atoms with Gasteiger partial charge in [0.05, 0.1) is 6.54 Å². The van der Waals surface area contributed by atoms with E-state index in [-0.39, 0.29) is 5.09 Å². The van der Waals surface area contributed by atoms with Gasteiger partial charge in [0.1, 0.15) is 5.76 Å². The van der Waals surface area contributed by atoms with E-state index in [4.69, 9.17) is 4.42 Å². The van der Waals surface area contributed by atoms with Crippen molar-refractivity contribution in [1.29, 1.82) is 0 Å². The molecule has 0 spiro atoms. The summed E-state index contributed by atoms with van der Waals surface area (Å²) in [4.78, 5) is 0. The zero-order chi connectivity index (χ0) is 15.5. The summed E-state index contributed by atoms with van der Waals surface area (Å²) < 4.78 is 30.4. The number of rotatable bonds is 6. The highest BCUT2D eigenvalue weighted by Crippen LogP contribution is 2.28. The Morgan fingerprint density at radius 3 is 2.76 bits per heavy atom. The molecule has 2 atom stereocenters. The average molecular weight is 314 g/mol. The van der Waals surface area contributed by atoms with Gasteiger partial charge in [0.15, 0.2) is 0 Å². The van der Waals surface area contributed by atoms with Crippen molar-refractivity contribution >= 4 is 10.0 Å². The Bertz CT molecular complexity index is 551. The van der Waals surface area contributed by atoms with Crippen LogP contribution in [-0.2, 0) is 16.6 Å². The molecule has 0 aliphatic heterocycles. The predicted octanol–water partition coefficient (Wildman–Crippen LogP) is 2.45. The molecule has 0 amide bonds. The molecule has 0 aromatic carbocycles. The van der Waals surface area contributed by atoms with Crippen molar-refractivity contribution in [3.8, 4) is 0 Å². The van der Waals surface area contributed by atoms with E-state index in [1.54, 1.807) is 6.07 Å². The van der Waals surface area contributed by atoms with Crippen molar-refractivity contribution in [2.24, 2.45) is 11.8 Å². The van der Waals surface area contributed by atoms with Crippen molar-refractivity contribution in [1.82, 2.24) is 9.62 Å². The second-order valence-electron chi connectivity index (χ2n) is 6.28. The van der Waals surface area contributed by atoms with Crippen LogP contribution in [0.15, 0.2) is 21.6 Å². The molecule has 1 saturated carbocycles. The largest absolute Gasteiger partial charge is 0.447 e. The summed E-state index contributed by atoms with van der Waals surface area (Å²) in [6, 6.07) is 3.25. The molecular formula is C15H26N2O3S. The van der Waals surface area contributed by atoms with Crippen LogP contribution >= 0.6 is 0 Å². The molecule has 1 aliphatic carbocycles. The maximum atomic E-state index is 11.9. The predicted molar refractivity (Wildman–Crippen MR) is 82.4 cm³/mol. The lowest BCUT2D eigenvalue weighted by atomic mass is 9.82. The minimum absolute atomic E-state index is 0.00980. The number of hydrogen-bond donors (Lipinski definition) is 1. The number of sulfonamides is 1. The summed E-state index contributed by atoms with van der Waals surface area (Å²) in [5.41, 5.74) is 0. The van der Waals surface area contributed by atoms with Crippen LogP contribution in [0.2, 0.25) is 0 Å². The second kappa shape index (κ2) is 6.94. The Balaban J connectivity index is 1.83. The lowest BCUT2D eigenvalue weighted by Gasteiger charge is -2.26. The van der Waals surface area contributed by atoms with Crippen molar-refractivity contribution < 1.29 is 12.8 Å². The molecule has 0 bridgehead atoms. The Labute approximate surface area is 127 Å². The van der Waals surface area contributed by atoms with Gasteiger partial charge < -0.3 is 9.73 Å². The number of nitrogens with zero attached hydrogens (tertiary/aromatic N) is 1. The van der Waals surface area contributed by atoms with E-state index in [0.717, 1.165) is 22.7 Å². The third-order valence-corrected chi connectivity index (χ3v) is 5.84. The van der Waals surface area contributed by atoms with Gasteiger partial charge in [-0.15, -0.1) is 0 Å². The molecule has 2 rings (SSSR count). The first kappa shape index (κ1) is 16.5. The van der Waals surface area contributed by atoms with Crippen LogP contribution < -0.4 is 5.32 Å². The van der Waals surface area contributed by atoms with E-state index < -0.39 is 10.0 Å². The van der Waals surface area contributed by atoms with E-state index in [1.165, 1.54) is 45.8 Å². The smallest absolute Gasteiger partial charge is 0.275 e. The lowest BCUT2D eigenvalue weighted by Crippen LogP contribution is -2.26. The maximum absolute atomic E-state index is 11.9. The Kier molecular flexibility index (Phi) is 5.46. The van der Waals surface area contributed by atoms with Crippen LogP contribution in [0, 0.1) is 11.8 Å². The quantitative estimate of drug-likeness (QED) is 0.876. The van der Waals surface area contributed by atoms with Crippen LogP contribution in [0.25, 0.3) is 0 Å². The minimum Gasteiger partial charge on any atom is -0.447 e. The minimum atomic E-state index is -3.47. The van der Waals surface area contributed by atoms with Crippen LogP contribution in [0.1, 0.15) is 38.4 Å². The monoisotopic (exact) mass is 314 g/mol. The van der Waals surface area contributed by atoms with Crippen LogP contribution in [0.3, 0.4) is 0 Å². The average Bonchev–Trinajstić information content (AvgIpc) is 2.88. The van der Waals surface area contributed by atoms with Crippen molar-refractivity contribution in [2.45, 2.75) is 44.2 Å². The van der Waals surface area contributed by atoms with Crippen LogP contribution in [-0.4, -0.2) is 33.4 Å². The molecular weight excluding hydrogens is 288 g/mol. The third-order valence-electron chi connectivity index (χ3n) is 4.15. The van der Waals surface area contributed by atoms with Gasteiger partial charge in [-0.05, 0) is 43.4 Å². The van der Waals surface area contributed by atoms with Gasteiger partial charge in [0.25, 0.3) is 10.0 Å². The van der Waals surface area contributed by atoms with E-state index in [9.17, 15) is 8.42 Å². The zero-order valence-corrected chi connectivity index (χ0v) is 13.9. The molecule has 2 unspecified atom stereocenters. The molecule has 6 heteroatoms. The maximum Gasteiger partial charge on any atom is 0.275 e. The van der Waals surface area contributed by atoms with E-state index >= 15 is 0 Å². The van der Waals surface area contributed by atoms with Crippen molar-refractivity contribution in [3.05, 3.63) is 17.9 Å².